The van der Waals surface area contributed by atoms with Crippen LogP contribution in [0.4, 0.5) is 5.69 Å². The number of aryl methyl sites for hydroxylation is 1. The molecule has 0 aliphatic rings. The zero-order chi connectivity index (χ0) is 19.7. The molecule has 28 heavy (non-hydrogen) atoms. The van der Waals surface area contributed by atoms with Gasteiger partial charge in [-0.1, -0.05) is 18.2 Å². The van der Waals surface area contributed by atoms with E-state index in [1.807, 2.05) is 48.9 Å². The first-order valence-electron chi connectivity index (χ1n) is 8.78. The maximum Gasteiger partial charge on any atom is 0.228 e. The monoisotopic (exact) mass is 377 g/mol. The zero-order valence-electron chi connectivity index (χ0n) is 15.8. The van der Waals surface area contributed by atoms with Gasteiger partial charge in [-0.25, -0.2) is 9.31 Å². The van der Waals surface area contributed by atoms with Gasteiger partial charge in [0.05, 0.1) is 30.6 Å². The lowest BCUT2D eigenvalue weighted by Crippen LogP contribution is -2.15. The molecular formula is C20H19N5O3. The molecule has 0 unspecified atom stereocenters. The predicted molar refractivity (Wildman–Crippen MR) is 104 cm³/mol. The summed E-state index contributed by atoms with van der Waals surface area (Å²) < 4.78 is 11.9. The van der Waals surface area contributed by atoms with Gasteiger partial charge in [-0.05, 0) is 48.4 Å². The highest BCUT2D eigenvalue weighted by molar-refractivity contribution is 6.01. The van der Waals surface area contributed by atoms with Gasteiger partial charge in [0.1, 0.15) is 0 Å². The third-order valence-corrected chi connectivity index (χ3v) is 4.65. The van der Waals surface area contributed by atoms with E-state index in [0.29, 0.717) is 22.5 Å². The fourth-order valence-electron chi connectivity index (χ4n) is 3.22. The molecule has 0 atom stereocenters. The molecule has 0 fully saturated rings. The molecule has 0 saturated heterocycles. The van der Waals surface area contributed by atoms with Gasteiger partial charge in [0.2, 0.25) is 5.91 Å². The molecule has 8 heteroatoms. The lowest BCUT2D eigenvalue weighted by Gasteiger charge is -2.08. The lowest BCUT2D eigenvalue weighted by atomic mass is 10.1. The molecule has 0 aliphatic heterocycles. The maximum atomic E-state index is 12.7. The molecular weight excluding hydrogens is 358 g/mol. The van der Waals surface area contributed by atoms with Crippen LogP contribution in [0.15, 0.2) is 47.1 Å². The number of nitrogens with one attached hydrogen (secondary N) is 1. The van der Waals surface area contributed by atoms with E-state index in [2.05, 4.69) is 20.7 Å². The number of carbonyl (C=O) groups excluding carboxylic acids is 1. The molecule has 0 spiro atoms. The fourth-order valence-corrected chi connectivity index (χ4v) is 3.22. The quantitative estimate of drug-likeness (QED) is 0.574. The third kappa shape index (κ3) is 3.09. The van der Waals surface area contributed by atoms with Crippen molar-refractivity contribution in [2.45, 2.75) is 20.3 Å². The summed E-state index contributed by atoms with van der Waals surface area (Å²) in [6.45, 7) is 3.87. The van der Waals surface area contributed by atoms with Crippen LogP contribution in [-0.4, -0.2) is 33.1 Å². The van der Waals surface area contributed by atoms with Crippen molar-refractivity contribution in [3.05, 3.63) is 59.4 Å². The summed E-state index contributed by atoms with van der Waals surface area (Å²) in [5.74, 6) is 0.360. The van der Waals surface area contributed by atoms with E-state index in [4.69, 9.17) is 9.37 Å². The maximum absolute atomic E-state index is 12.7. The Bertz CT molecular complexity index is 1150. The van der Waals surface area contributed by atoms with Crippen LogP contribution in [0.5, 0.6) is 5.75 Å². The Morgan fingerprint density at radius 3 is 2.61 bits per heavy atom. The molecule has 0 saturated carbocycles. The van der Waals surface area contributed by atoms with Crippen LogP contribution in [-0.2, 0) is 11.2 Å². The Morgan fingerprint density at radius 1 is 1.11 bits per heavy atom. The van der Waals surface area contributed by atoms with Gasteiger partial charge in [0, 0.05) is 11.3 Å². The van der Waals surface area contributed by atoms with Crippen molar-refractivity contribution < 1.29 is 14.2 Å². The number of ether oxygens (including phenoxy) is 1. The lowest BCUT2D eigenvalue weighted by molar-refractivity contribution is -0.115. The number of amides is 1. The van der Waals surface area contributed by atoms with Gasteiger partial charge in [-0.15, -0.1) is 0 Å². The molecule has 142 valence electrons. The Hall–Kier alpha value is -3.68. The van der Waals surface area contributed by atoms with Crippen LogP contribution in [0.1, 0.15) is 17.0 Å². The molecule has 2 aromatic heterocycles. The molecule has 1 N–H and O–H groups in total. The minimum Gasteiger partial charge on any atom is -0.494 e. The third-order valence-electron chi connectivity index (χ3n) is 4.65. The van der Waals surface area contributed by atoms with Crippen molar-refractivity contribution in [3.63, 3.8) is 0 Å². The topological polar surface area (TPSA) is 95.1 Å². The number of methoxy groups -OCH3 is 1. The minimum atomic E-state index is -0.173. The van der Waals surface area contributed by atoms with Crippen LogP contribution < -0.4 is 10.1 Å². The first-order valence-corrected chi connectivity index (χ1v) is 8.78. The average molecular weight is 377 g/mol. The normalized spacial score (nSPS) is 11.0. The van der Waals surface area contributed by atoms with E-state index in [9.17, 15) is 4.79 Å². The number of hydrogen-bond donors (Lipinski definition) is 1. The molecule has 0 aliphatic carbocycles. The van der Waals surface area contributed by atoms with Crippen LogP contribution >= 0.6 is 0 Å². The summed E-state index contributed by atoms with van der Waals surface area (Å²) in [5.41, 5.74) is 5.03. The Labute approximate surface area is 161 Å². The van der Waals surface area contributed by atoms with E-state index < -0.39 is 0 Å². The number of fused-ring (bicyclic) bond motifs is 1. The van der Waals surface area contributed by atoms with Crippen LogP contribution in [0, 0.1) is 13.8 Å². The molecule has 0 bridgehead atoms. The summed E-state index contributed by atoms with van der Waals surface area (Å²) in [4.78, 5) is 12.7. The van der Waals surface area contributed by atoms with Crippen LogP contribution in [0.2, 0.25) is 0 Å². The molecule has 2 heterocycles. The fraction of sp³-hybridized carbons (Fsp3) is 0.200. The Morgan fingerprint density at radius 2 is 1.86 bits per heavy atom. The second-order valence-corrected chi connectivity index (χ2v) is 6.40. The summed E-state index contributed by atoms with van der Waals surface area (Å²) >= 11 is 0. The first-order chi connectivity index (χ1) is 13.6. The van der Waals surface area contributed by atoms with Crippen molar-refractivity contribution in [2.24, 2.45) is 0 Å². The Balaban J connectivity index is 1.59. The average Bonchev–Trinajstić information content (AvgIpc) is 3.30. The van der Waals surface area contributed by atoms with E-state index in [0.717, 1.165) is 22.6 Å². The standard InChI is InChI=1S/C20H19N5O3/c1-12-15(13(2)25(22-12)14-7-5-4-6-8-14)11-18(26)21-16-9-10-17(27-3)20-19(16)23-28-24-20/h4-10H,11H2,1-3H3,(H,21,26). The largest absolute Gasteiger partial charge is 0.494 e. The van der Waals surface area contributed by atoms with E-state index in [1.165, 1.54) is 7.11 Å². The van der Waals surface area contributed by atoms with Gasteiger partial charge >= 0.3 is 0 Å². The SMILES string of the molecule is COc1ccc(NC(=O)Cc2c(C)nn(-c3ccccc3)c2C)c2nonc12. The highest BCUT2D eigenvalue weighted by Crippen LogP contribution is 2.29. The number of nitrogens with zero attached hydrogens (tertiary/aromatic N) is 4. The zero-order valence-corrected chi connectivity index (χ0v) is 15.8. The molecule has 8 nitrogen and oxygen atoms in total. The second-order valence-electron chi connectivity index (χ2n) is 6.40. The summed E-state index contributed by atoms with van der Waals surface area (Å²) in [6.07, 6.45) is 0.198. The Kier molecular flexibility index (Phi) is 4.52. The van der Waals surface area contributed by atoms with Gasteiger partial charge in [-0.3, -0.25) is 4.79 Å². The van der Waals surface area contributed by atoms with Crippen molar-refractivity contribution in [1.82, 2.24) is 20.1 Å². The first kappa shape index (κ1) is 17.7. The molecule has 2 aromatic carbocycles. The van der Waals surface area contributed by atoms with Crippen LogP contribution in [0.3, 0.4) is 0 Å². The minimum absolute atomic E-state index is 0.173. The molecule has 0 radical (unpaired) electrons. The predicted octanol–water partition coefficient (Wildman–Crippen LogP) is 3.22. The van der Waals surface area contributed by atoms with Crippen molar-refractivity contribution in [3.8, 4) is 11.4 Å². The van der Waals surface area contributed by atoms with Crippen molar-refractivity contribution in [1.29, 1.82) is 0 Å². The summed E-state index contributed by atoms with van der Waals surface area (Å²) in [7, 11) is 1.54. The number of hydrogen-bond acceptors (Lipinski definition) is 6. The van der Waals surface area contributed by atoms with Crippen LogP contribution in [0.25, 0.3) is 16.7 Å². The van der Waals surface area contributed by atoms with E-state index >= 15 is 0 Å². The molecule has 4 rings (SSSR count). The van der Waals surface area contributed by atoms with Gasteiger partial charge in [0.15, 0.2) is 16.8 Å². The number of rotatable bonds is 5. The number of benzene rings is 2. The number of carbonyl (C=O) groups is 1. The van der Waals surface area contributed by atoms with Gasteiger partial charge in [-0.2, -0.15) is 5.10 Å². The van der Waals surface area contributed by atoms with E-state index in [1.54, 1.807) is 12.1 Å². The highest BCUT2D eigenvalue weighted by Gasteiger charge is 2.18. The van der Waals surface area contributed by atoms with Gasteiger partial charge < -0.3 is 10.1 Å². The van der Waals surface area contributed by atoms with Crippen molar-refractivity contribution in [2.75, 3.05) is 12.4 Å². The summed E-state index contributed by atoms with van der Waals surface area (Å²) in [6, 6.07) is 13.3. The number of anilines is 1. The number of para-hydroxylation sites is 1. The molecule has 1 amide bonds. The number of aromatic nitrogens is 4. The highest BCUT2D eigenvalue weighted by atomic mass is 16.6. The second kappa shape index (κ2) is 7.15. The molecule has 4 aromatic rings. The van der Waals surface area contributed by atoms with Gasteiger partial charge in [0.25, 0.3) is 0 Å². The smallest absolute Gasteiger partial charge is 0.228 e. The van der Waals surface area contributed by atoms with Crippen molar-refractivity contribution >= 4 is 22.6 Å². The summed E-state index contributed by atoms with van der Waals surface area (Å²) in [5, 5.41) is 15.2. The van der Waals surface area contributed by atoms with E-state index in [-0.39, 0.29) is 12.3 Å².